The van der Waals surface area contributed by atoms with Gasteiger partial charge in [0.1, 0.15) is 11.6 Å². The number of nitrogens with zero attached hydrogens (tertiary/aromatic N) is 2. The van der Waals surface area contributed by atoms with Crippen LogP contribution in [0, 0.1) is 18.6 Å². The van der Waals surface area contributed by atoms with E-state index in [4.69, 9.17) is 5.73 Å². The third-order valence-electron chi connectivity index (χ3n) is 2.69. The Balaban J connectivity index is 2.33. The van der Waals surface area contributed by atoms with Gasteiger partial charge in [-0.05, 0) is 18.6 Å². The smallest absolute Gasteiger partial charge is 0.259 e. The molecule has 0 aliphatic heterocycles. The number of amides is 1. The molecule has 0 saturated heterocycles. The van der Waals surface area contributed by atoms with E-state index in [1.807, 2.05) is 0 Å². The Labute approximate surface area is 108 Å². The van der Waals surface area contributed by atoms with Crippen molar-refractivity contribution in [1.29, 1.82) is 0 Å². The summed E-state index contributed by atoms with van der Waals surface area (Å²) in [5.74, 6) is -2.09. The second-order valence-electron chi connectivity index (χ2n) is 4.11. The maximum atomic E-state index is 13.6. The Morgan fingerprint density at radius 2 is 2.05 bits per heavy atom. The van der Waals surface area contributed by atoms with Crippen molar-refractivity contribution < 1.29 is 13.6 Å². The molecule has 1 aromatic heterocycles. The van der Waals surface area contributed by atoms with E-state index >= 15 is 0 Å². The first kappa shape index (κ1) is 13.0. The van der Waals surface area contributed by atoms with Gasteiger partial charge in [0.05, 0.1) is 17.4 Å². The summed E-state index contributed by atoms with van der Waals surface area (Å²) >= 11 is 0. The molecule has 0 bridgehead atoms. The number of benzene rings is 1. The van der Waals surface area contributed by atoms with E-state index in [1.54, 1.807) is 7.05 Å². The summed E-state index contributed by atoms with van der Waals surface area (Å²) in [6, 6.07) is 1.82. The molecule has 0 atom stereocenters. The maximum Gasteiger partial charge on any atom is 0.259 e. The molecule has 1 aromatic carbocycles. The molecule has 5 nitrogen and oxygen atoms in total. The van der Waals surface area contributed by atoms with Crippen LogP contribution >= 0.6 is 0 Å². The van der Waals surface area contributed by atoms with E-state index < -0.39 is 17.5 Å². The van der Waals surface area contributed by atoms with Crippen molar-refractivity contribution in [3.05, 3.63) is 41.1 Å². The largest absolute Gasteiger partial charge is 0.394 e. The topological polar surface area (TPSA) is 72.9 Å². The number of hydrogen-bond donors (Lipinski definition) is 2. The third-order valence-corrected chi connectivity index (χ3v) is 2.69. The number of nitrogens with two attached hydrogens (primary N) is 1. The van der Waals surface area contributed by atoms with Gasteiger partial charge in [0.2, 0.25) is 0 Å². The van der Waals surface area contributed by atoms with Crippen LogP contribution in [0.4, 0.5) is 20.3 Å². The summed E-state index contributed by atoms with van der Waals surface area (Å²) in [5, 5.41) is 6.28. The van der Waals surface area contributed by atoms with Gasteiger partial charge >= 0.3 is 0 Å². The quantitative estimate of drug-likeness (QED) is 0.871. The minimum Gasteiger partial charge on any atom is -0.394 e. The van der Waals surface area contributed by atoms with Crippen LogP contribution in [0.15, 0.2) is 18.3 Å². The van der Waals surface area contributed by atoms with E-state index in [9.17, 15) is 13.6 Å². The highest BCUT2D eigenvalue weighted by molar-refractivity contribution is 6.05. The van der Waals surface area contributed by atoms with Crippen molar-refractivity contribution in [2.24, 2.45) is 7.05 Å². The Kier molecular flexibility index (Phi) is 3.20. The van der Waals surface area contributed by atoms with Crippen LogP contribution in [0.25, 0.3) is 0 Å². The van der Waals surface area contributed by atoms with Crippen LogP contribution in [-0.4, -0.2) is 15.7 Å². The number of carbonyl (C=O) groups is 1. The van der Waals surface area contributed by atoms with Crippen molar-refractivity contribution in [2.45, 2.75) is 6.92 Å². The van der Waals surface area contributed by atoms with E-state index in [1.165, 1.54) is 17.8 Å². The maximum absolute atomic E-state index is 13.6. The van der Waals surface area contributed by atoms with Crippen LogP contribution in [0.1, 0.15) is 15.9 Å². The summed E-state index contributed by atoms with van der Waals surface area (Å²) in [5.41, 5.74) is 5.80. The van der Waals surface area contributed by atoms with Crippen LogP contribution in [-0.2, 0) is 7.05 Å². The zero-order valence-electron chi connectivity index (χ0n) is 10.4. The summed E-state index contributed by atoms with van der Waals surface area (Å²) in [6.45, 7) is 1.45. The van der Waals surface area contributed by atoms with Gasteiger partial charge in [-0.2, -0.15) is 5.10 Å². The zero-order chi connectivity index (χ0) is 14.2. The first-order chi connectivity index (χ1) is 8.90. The highest BCUT2D eigenvalue weighted by Crippen LogP contribution is 2.19. The number of rotatable bonds is 2. The van der Waals surface area contributed by atoms with Crippen molar-refractivity contribution >= 4 is 17.4 Å². The number of nitrogens with one attached hydrogen (secondary N) is 1. The summed E-state index contributed by atoms with van der Waals surface area (Å²) in [4.78, 5) is 11.9. The summed E-state index contributed by atoms with van der Waals surface area (Å²) in [7, 11) is 1.58. The first-order valence-electron chi connectivity index (χ1n) is 5.44. The lowest BCUT2D eigenvalue weighted by Gasteiger charge is -2.08. The molecule has 0 spiro atoms. The lowest BCUT2D eigenvalue weighted by molar-refractivity contribution is 0.102. The molecule has 7 heteroatoms. The number of nitrogen functional groups attached to an aromatic ring is 1. The molecule has 100 valence electrons. The van der Waals surface area contributed by atoms with Gasteiger partial charge < -0.3 is 11.1 Å². The lowest BCUT2D eigenvalue weighted by atomic mass is 10.1. The number of hydrogen-bond acceptors (Lipinski definition) is 3. The Morgan fingerprint density at radius 1 is 1.37 bits per heavy atom. The fourth-order valence-corrected chi connectivity index (χ4v) is 1.61. The van der Waals surface area contributed by atoms with E-state index in [0.717, 1.165) is 6.07 Å². The molecule has 0 saturated carbocycles. The molecule has 1 heterocycles. The highest BCUT2D eigenvalue weighted by Gasteiger charge is 2.17. The minimum atomic E-state index is -0.929. The molecule has 0 aliphatic rings. The Hall–Kier alpha value is -2.44. The summed E-state index contributed by atoms with van der Waals surface area (Å²) in [6.07, 6.45) is 1.36. The molecule has 0 fully saturated rings. The monoisotopic (exact) mass is 266 g/mol. The first-order valence-corrected chi connectivity index (χ1v) is 5.44. The van der Waals surface area contributed by atoms with Gasteiger partial charge in [0.25, 0.3) is 5.91 Å². The van der Waals surface area contributed by atoms with Crippen molar-refractivity contribution in [1.82, 2.24) is 9.78 Å². The molecule has 2 rings (SSSR count). The fourth-order valence-electron chi connectivity index (χ4n) is 1.61. The molecule has 2 aromatic rings. The standard InChI is InChI=1S/C12H12F2N4O/c1-6-3-7(9(14)4-8(6)13)12(19)17-11-10(15)5-16-18(11)2/h3-5H,15H2,1-2H3,(H,17,19). The van der Waals surface area contributed by atoms with Crippen molar-refractivity contribution in [3.63, 3.8) is 0 Å². The molecule has 0 aliphatic carbocycles. The van der Waals surface area contributed by atoms with Gasteiger partial charge in [-0.3, -0.25) is 9.48 Å². The van der Waals surface area contributed by atoms with Crippen molar-refractivity contribution in [2.75, 3.05) is 11.1 Å². The third kappa shape index (κ3) is 2.40. The minimum absolute atomic E-state index is 0.185. The number of aryl methyl sites for hydroxylation is 2. The molecular formula is C12H12F2N4O. The molecule has 0 unspecified atom stereocenters. The average molecular weight is 266 g/mol. The molecular weight excluding hydrogens is 254 g/mol. The normalized spacial score (nSPS) is 10.5. The second-order valence-corrected chi connectivity index (χ2v) is 4.11. The number of halogens is 2. The molecule has 3 N–H and O–H groups in total. The van der Waals surface area contributed by atoms with Crippen LogP contribution in [0.2, 0.25) is 0 Å². The van der Waals surface area contributed by atoms with Crippen LogP contribution in [0.5, 0.6) is 0 Å². The second kappa shape index (κ2) is 4.68. The van der Waals surface area contributed by atoms with Crippen molar-refractivity contribution in [3.8, 4) is 0 Å². The van der Waals surface area contributed by atoms with Gasteiger partial charge in [0, 0.05) is 13.1 Å². The average Bonchev–Trinajstić information content (AvgIpc) is 2.65. The van der Waals surface area contributed by atoms with Crippen LogP contribution in [0.3, 0.4) is 0 Å². The lowest BCUT2D eigenvalue weighted by Crippen LogP contribution is -2.17. The highest BCUT2D eigenvalue weighted by atomic mass is 19.1. The van der Waals surface area contributed by atoms with Crippen LogP contribution < -0.4 is 11.1 Å². The zero-order valence-corrected chi connectivity index (χ0v) is 10.4. The van der Waals surface area contributed by atoms with E-state index in [2.05, 4.69) is 10.4 Å². The number of aromatic nitrogens is 2. The SMILES string of the molecule is Cc1cc(C(=O)Nc2c(N)cnn2C)c(F)cc1F. The molecule has 0 radical (unpaired) electrons. The van der Waals surface area contributed by atoms with E-state index in [-0.39, 0.29) is 22.6 Å². The number of anilines is 2. The van der Waals surface area contributed by atoms with Gasteiger partial charge in [-0.15, -0.1) is 0 Å². The van der Waals surface area contributed by atoms with Gasteiger partial charge in [-0.25, -0.2) is 8.78 Å². The predicted octanol–water partition coefficient (Wildman–Crippen LogP) is 1.84. The Bertz CT molecular complexity index is 632. The number of carbonyl (C=O) groups excluding carboxylic acids is 1. The summed E-state index contributed by atoms with van der Waals surface area (Å²) < 4.78 is 28.0. The molecule has 19 heavy (non-hydrogen) atoms. The van der Waals surface area contributed by atoms with Gasteiger partial charge in [0.15, 0.2) is 5.82 Å². The predicted molar refractivity (Wildman–Crippen MR) is 66.7 cm³/mol. The Morgan fingerprint density at radius 3 is 2.63 bits per heavy atom. The molecule has 1 amide bonds. The van der Waals surface area contributed by atoms with E-state index in [0.29, 0.717) is 6.07 Å². The fraction of sp³-hybridized carbons (Fsp3) is 0.167. The van der Waals surface area contributed by atoms with Gasteiger partial charge in [-0.1, -0.05) is 0 Å².